The number of hydrogen-bond acceptors (Lipinski definition) is 6. The third kappa shape index (κ3) is 5.56. The van der Waals surface area contributed by atoms with E-state index in [0.29, 0.717) is 27.4 Å². The van der Waals surface area contributed by atoms with Gasteiger partial charge in [-0.05, 0) is 66.6 Å². The molecule has 1 N–H and O–H groups in total. The molecule has 1 amide bonds. The van der Waals surface area contributed by atoms with Crippen molar-refractivity contribution in [1.82, 2.24) is 19.7 Å². The highest BCUT2D eigenvalue weighted by Crippen LogP contribution is 2.39. The zero-order valence-corrected chi connectivity index (χ0v) is 22.3. The molecule has 0 saturated carbocycles. The smallest absolute Gasteiger partial charge is 0.242 e. The molecule has 190 valence electrons. The molecule has 0 aliphatic rings. The maximum atomic E-state index is 13.8. The van der Waals surface area contributed by atoms with Gasteiger partial charge in [-0.1, -0.05) is 59.8 Å². The Morgan fingerprint density at radius 2 is 1.71 bits per heavy atom. The van der Waals surface area contributed by atoms with Gasteiger partial charge in [0.15, 0.2) is 11.0 Å². The van der Waals surface area contributed by atoms with E-state index in [2.05, 4.69) is 20.5 Å². The van der Waals surface area contributed by atoms with Crippen molar-refractivity contribution in [3.63, 3.8) is 0 Å². The van der Waals surface area contributed by atoms with E-state index in [4.69, 9.17) is 16.3 Å². The molecule has 0 radical (unpaired) electrons. The van der Waals surface area contributed by atoms with Gasteiger partial charge in [0, 0.05) is 28.7 Å². The zero-order chi connectivity index (χ0) is 26.5. The standard InChI is InChI=1S/C29H24ClN5O2S/c1-19-8-13-25(37-2)24(18-19)32-28(36)26(20-6-4-3-5-7-20)38-29-34-33-27(21-14-16-31-17-15-21)35(29)23-11-9-22(30)10-12-23/h3-18,26H,1-2H3,(H,32,36)/t26-/m1/s1. The minimum absolute atomic E-state index is 0.207. The lowest BCUT2D eigenvalue weighted by Gasteiger charge is -2.19. The normalized spacial score (nSPS) is 11.7. The molecule has 0 fully saturated rings. The molecule has 2 heterocycles. The summed E-state index contributed by atoms with van der Waals surface area (Å²) in [6, 6.07) is 26.4. The molecule has 1 atom stereocenters. The number of aromatic nitrogens is 4. The predicted molar refractivity (Wildman–Crippen MR) is 151 cm³/mol. The van der Waals surface area contributed by atoms with Crippen LogP contribution in [0.2, 0.25) is 5.02 Å². The number of ether oxygens (including phenoxy) is 1. The summed E-state index contributed by atoms with van der Waals surface area (Å²) < 4.78 is 7.40. The summed E-state index contributed by atoms with van der Waals surface area (Å²) in [7, 11) is 1.58. The number of nitrogens with one attached hydrogen (secondary N) is 1. The quantitative estimate of drug-likeness (QED) is 0.218. The van der Waals surface area contributed by atoms with Gasteiger partial charge in [-0.25, -0.2) is 0 Å². The molecule has 38 heavy (non-hydrogen) atoms. The summed E-state index contributed by atoms with van der Waals surface area (Å²) in [5.74, 6) is 1.01. The minimum Gasteiger partial charge on any atom is -0.495 e. The summed E-state index contributed by atoms with van der Waals surface area (Å²) in [5, 5.41) is 12.6. The van der Waals surface area contributed by atoms with Gasteiger partial charge in [-0.2, -0.15) is 0 Å². The number of carbonyl (C=O) groups is 1. The fourth-order valence-electron chi connectivity index (χ4n) is 3.98. The van der Waals surface area contributed by atoms with Crippen LogP contribution in [0.5, 0.6) is 5.75 Å². The summed E-state index contributed by atoms with van der Waals surface area (Å²) in [4.78, 5) is 17.9. The molecule has 9 heteroatoms. The lowest BCUT2D eigenvalue weighted by molar-refractivity contribution is -0.115. The molecule has 2 aromatic heterocycles. The maximum absolute atomic E-state index is 13.8. The molecular formula is C29H24ClN5O2S. The number of pyridine rings is 1. The number of rotatable bonds is 8. The number of hydrogen-bond donors (Lipinski definition) is 1. The number of nitrogens with zero attached hydrogens (tertiary/aromatic N) is 4. The second-order valence-electron chi connectivity index (χ2n) is 8.46. The Bertz CT molecular complexity index is 1540. The van der Waals surface area contributed by atoms with Crippen LogP contribution in [0.4, 0.5) is 5.69 Å². The summed E-state index contributed by atoms with van der Waals surface area (Å²) in [6.07, 6.45) is 3.41. The molecule has 3 aromatic carbocycles. The lowest BCUT2D eigenvalue weighted by atomic mass is 10.1. The van der Waals surface area contributed by atoms with Gasteiger partial charge >= 0.3 is 0 Å². The van der Waals surface area contributed by atoms with E-state index in [9.17, 15) is 4.79 Å². The largest absolute Gasteiger partial charge is 0.495 e. The van der Waals surface area contributed by atoms with Crippen molar-refractivity contribution in [3.05, 3.63) is 113 Å². The number of methoxy groups -OCH3 is 1. The maximum Gasteiger partial charge on any atom is 0.242 e. The Hall–Kier alpha value is -4.14. The summed E-state index contributed by atoms with van der Waals surface area (Å²) >= 11 is 7.49. The van der Waals surface area contributed by atoms with E-state index in [1.165, 1.54) is 11.8 Å². The minimum atomic E-state index is -0.623. The van der Waals surface area contributed by atoms with E-state index >= 15 is 0 Å². The number of benzene rings is 3. The molecule has 0 saturated heterocycles. The van der Waals surface area contributed by atoms with Crippen LogP contribution >= 0.6 is 23.4 Å². The van der Waals surface area contributed by atoms with Crippen LogP contribution in [0.1, 0.15) is 16.4 Å². The van der Waals surface area contributed by atoms with Crippen LogP contribution in [0.3, 0.4) is 0 Å². The lowest BCUT2D eigenvalue weighted by Crippen LogP contribution is -2.20. The third-order valence-electron chi connectivity index (χ3n) is 5.83. The molecule has 0 bridgehead atoms. The van der Waals surface area contributed by atoms with Crippen molar-refractivity contribution in [1.29, 1.82) is 0 Å². The Balaban J connectivity index is 1.57. The molecule has 5 rings (SSSR count). The highest BCUT2D eigenvalue weighted by molar-refractivity contribution is 8.00. The van der Waals surface area contributed by atoms with Gasteiger partial charge in [0.1, 0.15) is 11.0 Å². The van der Waals surface area contributed by atoms with Gasteiger partial charge in [-0.3, -0.25) is 14.3 Å². The van der Waals surface area contributed by atoms with Crippen LogP contribution in [0.15, 0.2) is 102 Å². The molecule has 0 aliphatic carbocycles. The first-order valence-electron chi connectivity index (χ1n) is 11.8. The topological polar surface area (TPSA) is 81.9 Å². The number of amides is 1. The van der Waals surface area contributed by atoms with Crippen molar-refractivity contribution in [2.75, 3.05) is 12.4 Å². The molecule has 0 spiro atoms. The molecule has 5 aromatic rings. The van der Waals surface area contributed by atoms with Crippen molar-refractivity contribution in [2.24, 2.45) is 0 Å². The van der Waals surface area contributed by atoms with Crippen LogP contribution in [0.25, 0.3) is 17.1 Å². The van der Waals surface area contributed by atoms with Gasteiger partial charge in [0.05, 0.1) is 12.8 Å². The highest BCUT2D eigenvalue weighted by atomic mass is 35.5. The SMILES string of the molecule is COc1ccc(C)cc1NC(=O)[C@H](Sc1nnc(-c2ccncc2)n1-c1ccc(Cl)cc1)c1ccccc1. The third-order valence-corrected chi connectivity index (χ3v) is 7.28. The number of carbonyl (C=O) groups excluding carboxylic acids is 1. The van der Waals surface area contributed by atoms with E-state index in [1.807, 2.05) is 96.4 Å². The second kappa shape index (κ2) is 11.5. The average molecular weight is 542 g/mol. The van der Waals surface area contributed by atoms with E-state index in [0.717, 1.165) is 22.4 Å². The first kappa shape index (κ1) is 25.5. The van der Waals surface area contributed by atoms with Gasteiger partial charge in [-0.15, -0.1) is 10.2 Å². The average Bonchev–Trinajstić information content (AvgIpc) is 3.37. The fourth-order valence-corrected chi connectivity index (χ4v) is 5.16. The number of thioether (sulfide) groups is 1. The monoisotopic (exact) mass is 541 g/mol. The summed E-state index contributed by atoms with van der Waals surface area (Å²) in [5.41, 5.74) is 4.11. The fraction of sp³-hybridized carbons (Fsp3) is 0.103. The molecule has 0 unspecified atom stereocenters. The predicted octanol–water partition coefficient (Wildman–Crippen LogP) is 6.77. The number of aryl methyl sites for hydroxylation is 1. The van der Waals surface area contributed by atoms with Crippen molar-refractivity contribution in [3.8, 4) is 22.8 Å². The first-order chi connectivity index (χ1) is 18.5. The van der Waals surface area contributed by atoms with Crippen LogP contribution in [0, 0.1) is 6.92 Å². The van der Waals surface area contributed by atoms with E-state index < -0.39 is 5.25 Å². The van der Waals surface area contributed by atoms with Gasteiger partial charge in [0.2, 0.25) is 5.91 Å². The number of anilines is 1. The van der Waals surface area contributed by atoms with Crippen molar-refractivity contribution in [2.45, 2.75) is 17.3 Å². The molecule has 7 nitrogen and oxygen atoms in total. The Morgan fingerprint density at radius 1 is 0.974 bits per heavy atom. The van der Waals surface area contributed by atoms with Crippen LogP contribution in [-0.4, -0.2) is 32.8 Å². The molecular weight excluding hydrogens is 518 g/mol. The van der Waals surface area contributed by atoms with Gasteiger partial charge < -0.3 is 10.1 Å². The Labute approximate surface area is 229 Å². The zero-order valence-electron chi connectivity index (χ0n) is 20.7. The number of halogens is 1. The summed E-state index contributed by atoms with van der Waals surface area (Å²) in [6.45, 7) is 1.97. The van der Waals surface area contributed by atoms with Crippen LogP contribution < -0.4 is 10.1 Å². The highest BCUT2D eigenvalue weighted by Gasteiger charge is 2.27. The Kier molecular flexibility index (Phi) is 7.72. The van der Waals surface area contributed by atoms with Crippen molar-refractivity contribution < 1.29 is 9.53 Å². The van der Waals surface area contributed by atoms with E-state index in [-0.39, 0.29) is 5.91 Å². The second-order valence-corrected chi connectivity index (χ2v) is 9.96. The first-order valence-corrected chi connectivity index (χ1v) is 13.1. The van der Waals surface area contributed by atoms with Crippen molar-refractivity contribution >= 4 is 35.0 Å². The van der Waals surface area contributed by atoms with E-state index in [1.54, 1.807) is 19.5 Å². The Morgan fingerprint density at radius 3 is 2.42 bits per heavy atom. The van der Waals surface area contributed by atoms with Gasteiger partial charge in [0.25, 0.3) is 0 Å². The molecule has 0 aliphatic heterocycles. The van der Waals surface area contributed by atoms with Crippen LogP contribution in [-0.2, 0) is 4.79 Å².